The first-order valence-corrected chi connectivity index (χ1v) is 9.46. The topological polar surface area (TPSA) is 94.8 Å². The number of aromatic hydroxyl groups is 1. The molecular weight excluding hydrogens is 386 g/mol. The number of carbonyl (C=O) groups excluding carboxylic acids is 1. The molecule has 3 aromatic heterocycles. The van der Waals surface area contributed by atoms with Crippen molar-refractivity contribution >= 4 is 16.9 Å². The molecule has 0 fully saturated rings. The molecule has 7 heteroatoms. The van der Waals surface area contributed by atoms with Gasteiger partial charge in [0.1, 0.15) is 23.7 Å². The number of ether oxygens (including phenoxy) is 1. The van der Waals surface area contributed by atoms with Crippen molar-refractivity contribution in [2.24, 2.45) is 0 Å². The smallest absolute Gasteiger partial charge is 0.340 e. The summed E-state index contributed by atoms with van der Waals surface area (Å²) in [5.41, 5.74) is 2.82. The fourth-order valence-electron chi connectivity index (χ4n) is 3.57. The van der Waals surface area contributed by atoms with Crippen LogP contribution in [-0.4, -0.2) is 15.6 Å². The second kappa shape index (κ2) is 7.59. The molecular formula is C23H21NO6. The Hall–Kier alpha value is -3.74. The molecule has 0 radical (unpaired) electrons. The van der Waals surface area contributed by atoms with Gasteiger partial charge in [0.2, 0.25) is 0 Å². The van der Waals surface area contributed by atoms with Gasteiger partial charge in [-0.25, -0.2) is 9.59 Å². The molecule has 0 saturated heterocycles. The van der Waals surface area contributed by atoms with Crippen LogP contribution in [0.3, 0.4) is 0 Å². The van der Waals surface area contributed by atoms with Crippen molar-refractivity contribution in [1.82, 2.24) is 4.57 Å². The van der Waals surface area contributed by atoms with Crippen molar-refractivity contribution in [1.29, 1.82) is 0 Å². The van der Waals surface area contributed by atoms with E-state index in [2.05, 4.69) is 0 Å². The van der Waals surface area contributed by atoms with Crippen molar-refractivity contribution in [3.8, 4) is 5.75 Å². The molecule has 7 nitrogen and oxygen atoms in total. The summed E-state index contributed by atoms with van der Waals surface area (Å²) in [5, 5.41) is 10.5. The predicted molar refractivity (Wildman–Crippen MR) is 110 cm³/mol. The number of rotatable bonds is 5. The first-order valence-electron chi connectivity index (χ1n) is 9.46. The molecule has 3 heterocycles. The van der Waals surface area contributed by atoms with E-state index in [-0.39, 0.29) is 17.9 Å². The highest BCUT2D eigenvalue weighted by atomic mass is 16.5. The summed E-state index contributed by atoms with van der Waals surface area (Å²) >= 11 is 0. The molecule has 0 aliphatic rings. The summed E-state index contributed by atoms with van der Waals surface area (Å²) in [6.45, 7) is 5.85. The van der Waals surface area contributed by atoms with Gasteiger partial charge < -0.3 is 23.2 Å². The van der Waals surface area contributed by atoms with Crippen LogP contribution in [0.25, 0.3) is 11.0 Å². The highest BCUT2D eigenvalue weighted by Gasteiger charge is 2.19. The average molecular weight is 407 g/mol. The molecule has 0 saturated carbocycles. The lowest BCUT2D eigenvalue weighted by molar-refractivity contribution is 0.0473. The number of aromatic nitrogens is 1. The number of phenolic OH excluding ortho intramolecular Hbond substituents is 1. The van der Waals surface area contributed by atoms with E-state index in [9.17, 15) is 14.7 Å². The normalized spacial score (nSPS) is 11.2. The molecule has 0 amide bonds. The van der Waals surface area contributed by atoms with E-state index in [0.29, 0.717) is 28.6 Å². The van der Waals surface area contributed by atoms with Crippen molar-refractivity contribution in [3.05, 3.63) is 86.9 Å². The highest BCUT2D eigenvalue weighted by molar-refractivity contribution is 5.91. The lowest BCUT2D eigenvalue weighted by Gasteiger charge is -2.10. The minimum Gasteiger partial charge on any atom is -0.508 e. The summed E-state index contributed by atoms with van der Waals surface area (Å²) in [6.07, 6.45) is 1.61. The summed E-state index contributed by atoms with van der Waals surface area (Å²) in [5.74, 6) is 0.340. The Morgan fingerprint density at radius 2 is 1.97 bits per heavy atom. The van der Waals surface area contributed by atoms with Crippen LogP contribution in [0.2, 0.25) is 0 Å². The number of hydrogen-bond acceptors (Lipinski definition) is 6. The molecule has 0 aliphatic carbocycles. The molecule has 4 aromatic rings. The molecule has 0 spiro atoms. The first-order chi connectivity index (χ1) is 14.3. The van der Waals surface area contributed by atoms with Gasteiger partial charge in [-0.3, -0.25) is 0 Å². The van der Waals surface area contributed by atoms with E-state index in [0.717, 1.165) is 17.1 Å². The summed E-state index contributed by atoms with van der Waals surface area (Å²) in [6, 6.07) is 9.93. The molecule has 0 atom stereocenters. The predicted octanol–water partition coefficient (Wildman–Crippen LogP) is 4.22. The van der Waals surface area contributed by atoms with Crippen LogP contribution >= 0.6 is 0 Å². The molecule has 0 bridgehead atoms. The second-order valence-electron chi connectivity index (χ2n) is 7.20. The Kier molecular flexibility index (Phi) is 4.95. The Morgan fingerprint density at radius 1 is 1.17 bits per heavy atom. The number of hydrogen-bond donors (Lipinski definition) is 1. The van der Waals surface area contributed by atoms with Gasteiger partial charge >= 0.3 is 11.6 Å². The Bertz CT molecular complexity index is 1290. The summed E-state index contributed by atoms with van der Waals surface area (Å²) in [4.78, 5) is 24.7. The van der Waals surface area contributed by atoms with Gasteiger partial charge in [0.25, 0.3) is 0 Å². The first kappa shape index (κ1) is 19.6. The average Bonchev–Trinajstić information content (AvgIpc) is 3.33. The maximum absolute atomic E-state index is 12.7. The van der Waals surface area contributed by atoms with Crippen LogP contribution in [0.5, 0.6) is 5.75 Å². The Balaban J connectivity index is 1.59. The number of fused-ring (bicyclic) bond motifs is 1. The van der Waals surface area contributed by atoms with Crippen LogP contribution in [0.4, 0.5) is 0 Å². The molecule has 154 valence electrons. The van der Waals surface area contributed by atoms with Gasteiger partial charge in [0.15, 0.2) is 0 Å². The maximum Gasteiger partial charge on any atom is 0.340 e. The third-order valence-electron chi connectivity index (χ3n) is 5.26. The SMILES string of the molecule is Cc1c(O)ccc2c(COC(=O)c3cc(C)n(Cc4ccco4)c3C)cc(=O)oc12. The number of carbonyl (C=O) groups is 1. The van der Waals surface area contributed by atoms with E-state index in [1.807, 2.05) is 30.5 Å². The van der Waals surface area contributed by atoms with Crippen LogP contribution in [0, 0.1) is 20.8 Å². The van der Waals surface area contributed by atoms with Gasteiger partial charge in [-0.1, -0.05) is 0 Å². The summed E-state index contributed by atoms with van der Waals surface area (Å²) in [7, 11) is 0. The second-order valence-corrected chi connectivity index (χ2v) is 7.20. The third-order valence-corrected chi connectivity index (χ3v) is 5.26. The fourth-order valence-corrected chi connectivity index (χ4v) is 3.57. The molecule has 0 aliphatic heterocycles. The maximum atomic E-state index is 12.7. The van der Waals surface area contributed by atoms with Gasteiger partial charge in [-0.2, -0.15) is 0 Å². The number of benzene rings is 1. The lowest BCUT2D eigenvalue weighted by Crippen LogP contribution is -2.10. The van der Waals surface area contributed by atoms with Crippen molar-refractivity contribution in [2.45, 2.75) is 33.9 Å². The number of furan rings is 1. The number of nitrogens with zero attached hydrogens (tertiary/aromatic N) is 1. The fraction of sp³-hybridized carbons (Fsp3) is 0.217. The largest absolute Gasteiger partial charge is 0.508 e. The van der Waals surface area contributed by atoms with Crippen LogP contribution in [-0.2, 0) is 17.9 Å². The minimum atomic E-state index is -0.570. The van der Waals surface area contributed by atoms with Gasteiger partial charge in [-0.15, -0.1) is 0 Å². The number of phenols is 1. The molecule has 0 unspecified atom stereocenters. The Labute approximate surface area is 172 Å². The van der Waals surface area contributed by atoms with Gasteiger partial charge in [-0.05, 0) is 51.1 Å². The quantitative estimate of drug-likeness (QED) is 0.393. The monoisotopic (exact) mass is 407 g/mol. The lowest BCUT2D eigenvalue weighted by atomic mass is 10.1. The zero-order valence-corrected chi connectivity index (χ0v) is 16.9. The molecule has 1 aromatic carbocycles. The molecule has 30 heavy (non-hydrogen) atoms. The van der Waals surface area contributed by atoms with Gasteiger partial charge in [0.05, 0.1) is 18.4 Å². The number of aryl methyl sites for hydroxylation is 2. The van der Waals surface area contributed by atoms with Gasteiger partial charge in [0, 0.05) is 34.0 Å². The zero-order chi connectivity index (χ0) is 21.4. The standard InChI is InChI=1S/C23H21NO6/c1-13-9-19(15(3)24(13)11-17-5-4-8-28-17)23(27)29-12-16-10-21(26)30-22-14(2)20(25)7-6-18(16)22/h4-10,25H,11-12H2,1-3H3. The Morgan fingerprint density at radius 3 is 2.70 bits per heavy atom. The van der Waals surface area contributed by atoms with Crippen LogP contribution in [0.1, 0.15) is 38.6 Å². The van der Waals surface area contributed by atoms with E-state index in [1.165, 1.54) is 12.1 Å². The molecule has 1 N–H and O–H groups in total. The molecule has 4 rings (SSSR count). The van der Waals surface area contributed by atoms with E-state index < -0.39 is 11.6 Å². The summed E-state index contributed by atoms with van der Waals surface area (Å²) < 4.78 is 18.1. The highest BCUT2D eigenvalue weighted by Crippen LogP contribution is 2.28. The van der Waals surface area contributed by atoms with Crippen molar-refractivity contribution in [2.75, 3.05) is 0 Å². The van der Waals surface area contributed by atoms with Crippen LogP contribution < -0.4 is 5.63 Å². The van der Waals surface area contributed by atoms with Crippen molar-refractivity contribution in [3.63, 3.8) is 0 Å². The minimum absolute atomic E-state index is 0.0313. The van der Waals surface area contributed by atoms with E-state index in [4.69, 9.17) is 13.6 Å². The number of esters is 1. The zero-order valence-electron chi connectivity index (χ0n) is 16.9. The van der Waals surface area contributed by atoms with E-state index in [1.54, 1.807) is 25.3 Å². The van der Waals surface area contributed by atoms with E-state index >= 15 is 0 Å². The van der Waals surface area contributed by atoms with Crippen molar-refractivity contribution < 1.29 is 23.5 Å². The van der Waals surface area contributed by atoms with Crippen LogP contribution in [0.15, 0.2) is 56.3 Å². The third kappa shape index (κ3) is 3.50.